The van der Waals surface area contributed by atoms with Crippen LogP contribution in [0.1, 0.15) is 10.5 Å². The second-order valence-corrected chi connectivity index (χ2v) is 2.53. The average molecular weight is 196 g/mol. The molecule has 0 aliphatic rings. The molecule has 1 aromatic heterocycles. The van der Waals surface area contributed by atoms with Crippen LogP contribution in [0.15, 0.2) is 30.5 Å². The minimum absolute atomic E-state index is 0. The number of carbonyl (C=O) groups excluding carboxylic acids is 1. The summed E-state index contributed by atoms with van der Waals surface area (Å²) < 4.78 is 0. The molecule has 0 radical (unpaired) electrons. The summed E-state index contributed by atoms with van der Waals surface area (Å²) in [6, 6.07) is 7.06. The number of hydrogen-bond donors (Lipinski definition) is 0. The number of aromatic carboxylic acids is 1. The Labute approximate surface area is 102 Å². The van der Waals surface area contributed by atoms with E-state index in [-0.39, 0.29) is 35.3 Å². The standard InChI is InChI=1S/C9H6N2O2.Na/c12-9(13)8-5-10-6-3-1-2-4-7(6)11-8;/h1-5H,(H,12,13);/q;+1/p-1. The molecular weight excluding hydrogens is 191 g/mol. The monoisotopic (exact) mass is 196 g/mol. The van der Waals surface area contributed by atoms with Gasteiger partial charge in [0, 0.05) is 0 Å². The van der Waals surface area contributed by atoms with E-state index in [2.05, 4.69) is 9.97 Å². The molecule has 0 saturated carbocycles. The van der Waals surface area contributed by atoms with Crippen molar-refractivity contribution in [3.63, 3.8) is 0 Å². The summed E-state index contributed by atoms with van der Waals surface area (Å²) in [5.74, 6) is -1.31. The van der Waals surface area contributed by atoms with Gasteiger partial charge in [0.05, 0.1) is 23.2 Å². The van der Waals surface area contributed by atoms with Crippen molar-refractivity contribution >= 4 is 17.0 Å². The van der Waals surface area contributed by atoms with Crippen molar-refractivity contribution in [3.05, 3.63) is 36.2 Å². The summed E-state index contributed by atoms with van der Waals surface area (Å²) in [7, 11) is 0. The van der Waals surface area contributed by atoms with E-state index in [0.29, 0.717) is 11.0 Å². The number of rotatable bonds is 1. The van der Waals surface area contributed by atoms with Crippen LogP contribution >= 0.6 is 0 Å². The van der Waals surface area contributed by atoms with Crippen molar-refractivity contribution in [2.24, 2.45) is 0 Å². The number of para-hydroxylation sites is 2. The molecule has 4 nitrogen and oxygen atoms in total. The van der Waals surface area contributed by atoms with Gasteiger partial charge in [0.2, 0.25) is 0 Å². The van der Waals surface area contributed by atoms with Crippen molar-refractivity contribution in [1.82, 2.24) is 9.97 Å². The Kier molecular flexibility index (Phi) is 3.57. The Morgan fingerprint density at radius 3 is 2.50 bits per heavy atom. The van der Waals surface area contributed by atoms with E-state index in [1.54, 1.807) is 18.2 Å². The Morgan fingerprint density at radius 1 is 1.21 bits per heavy atom. The van der Waals surface area contributed by atoms with E-state index in [9.17, 15) is 9.90 Å². The fourth-order valence-corrected chi connectivity index (χ4v) is 1.06. The third kappa shape index (κ3) is 2.09. The van der Waals surface area contributed by atoms with Gasteiger partial charge in [-0.15, -0.1) is 0 Å². The van der Waals surface area contributed by atoms with Crippen molar-refractivity contribution in [2.75, 3.05) is 0 Å². The molecule has 2 rings (SSSR count). The van der Waals surface area contributed by atoms with Crippen molar-refractivity contribution < 1.29 is 39.5 Å². The Hall–Kier alpha value is -0.970. The zero-order valence-corrected chi connectivity index (χ0v) is 9.60. The molecule has 0 saturated heterocycles. The number of nitrogens with zero attached hydrogens (tertiary/aromatic N) is 2. The summed E-state index contributed by atoms with van der Waals surface area (Å²) in [6.45, 7) is 0. The number of benzene rings is 1. The van der Waals surface area contributed by atoms with Gasteiger partial charge >= 0.3 is 29.6 Å². The molecular formula is C9H5N2NaO2. The predicted molar refractivity (Wildman–Crippen MR) is 43.9 cm³/mol. The summed E-state index contributed by atoms with van der Waals surface area (Å²) in [5, 5.41) is 10.4. The van der Waals surface area contributed by atoms with Crippen molar-refractivity contribution in [3.8, 4) is 0 Å². The van der Waals surface area contributed by atoms with Crippen LogP contribution in [-0.2, 0) is 0 Å². The maximum atomic E-state index is 10.4. The van der Waals surface area contributed by atoms with Gasteiger partial charge in [-0.25, -0.2) is 4.98 Å². The van der Waals surface area contributed by atoms with Crippen LogP contribution in [0.5, 0.6) is 0 Å². The van der Waals surface area contributed by atoms with E-state index >= 15 is 0 Å². The topological polar surface area (TPSA) is 65.9 Å². The smallest absolute Gasteiger partial charge is 0.543 e. The molecule has 64 valence electrons. The first-order valence-electron chi connectivity index (χ1n) is 3.70. The normalized spacial score (nSPS) is 9.43. The van der Waals surface area contributed by atoms with E-state index in [1.807, 2.05) is 6.07 Å². The van der Waals surface area contributed by atoms with Crippen molar-refractivity contribution in [1.29, 1.82) is 0 Å². The van der Waals surface area contributed by atoms with Gasteiger partial charge in [-0.2, -0.15) is 0 Å². The van der Waals surface area contributed by atoms with Gasteiger partial charge in [-0.1, -0.05) is 12.1 Å². The molecule has 1 heterocycles. The van der Waals surface area contributed by atoms with Crippen LogP contribution in [0.4, 0.5) is 0 Å². The van der Waals surface area contributed by atoms with E-state index < -0.39 is 5.97 Å². The molecule has 0 aliphatic carbocycles. The van der Waals surface area contributed by atoms with Gasteiger partial charge in [-0.05, 0) is 12.1 Å². The molecule has 0 fully saturated rings. The third-order valence-electron chi connectivity index (χ3n) is 1.66. The number of fused-ring (bicyclic) bond motifs is 1. The summed E-state index contributed by atoms with van der Waals surface area (Å²) in [6.07, 6.45) is 1.19. The summed E-state index contributed by atoms with van der Waals surface area (Å²) in [5.41, 5.74) is 1.09. The molecule has 0 spiro atoms. The van der Waals surface area contributed by atoms with E-state index in [4.69, 9.17) is 0 Å². The first kappa shape index (κ1) is 11.1. The number of aromatic nitrogens is 2. The molecule has 2 aromatic rings. The van der Waals surface area contributed by atoms with Gasteiger partial charge in [0.1, 0.15) is 5.69 Å². The number of carbonyl (C=O) groups is 1. The summed E-state index contributed by atoms with van der Waals surface area (Å²) in [4.78, 5) is 18.2. The molecule has 0 bridgehead atoms. The summed E-state index contributed by atoms with van der Waals surface area (Å²) >= 11 is 0. The van der Waals surface area contributed by atoms with Gasteiger partial charge in [0.25, 0.3) is 0 Å². The first-order chi connectivity index (χ1) is 6.27. The van der Waals surface area contributed by atoms with Crippen LogP contribution in [-0.4, -0.2) is 15.9 Å². The van der Waals surface area contributed by atoms with Crippen molar-refractivity contribution in [2.45, 2.75) is 0 Å². The molecule has 0 N–H and O–H groups in total. The minimum Gasteiger partial charge on any atom is -0.543 e. The number of hydrogen-bond acceptors (Lipinski definition) is 4. The zero-order valence-electron chi connectivity index (χ0n) is 7.60. The average Bonchev–Trinajstić information content (AvgIpc) is 2.17. The van der Waals surface area contributed by atoms with E-state index in [0.717, 1.165) is 0 Å². The van der Waals surface area contributed by atoms with Gasteiger partial charge in [0.15, 0.2) is 0 Å². The van der Waals surface area contributed by atoms with Crippen LogP contribution in [0.2, 0.25) is 0 Å². The second kappa shape index (κ2) is 4.50. The Morgan fingerprint density at radius 2 is 1.86 bits per heavy atom. The SMILES string of the molecule is O=C([O-])c1cnc2ccccc2n1.[Na+]. The van der Waals surface area contributed by atoms with Crippen LogP contribution < -0.4 is 34.7 Å². The molecule has 5 heteroatoms. The number of carboxylic acid groups (broad SMARTS) is 1. The number of carboxylic acids is 1. The zero-order chi connectivity index (χ0) is 9.26. The second-order valence-electron chi connectivity index (χ2n) is 2.53. The minimum atomic E-state index is -1.31. The molecule has 0 aliphatic heterocycles. The Bertz CT molecular complexity index is 473. The maximum Gasteiger partial charge on any atom is 1.00 e. The largest absolute Gasteiger partial charge is 1.00 e. The Balaban J connectivity index is 0.000000980. The predicted octanol–water partition coefficient (Wildman–Crippen LogP) is -3.00. The van der Waals surface area contributed by atoms with Gasteiger partial charge in [-0.3, -0.25) is 4.98 Å². The molecule has 14 heavy (non-hydrogen) atoms. The van der Waals surface area contributed by atoms with Crippen LogP contribution in [0.25, 0.3) is 11.0 Å². The van der Waals surface area contributed by atoms with Crippen LogP contribution in [0, 0.1) is 0 Å². The van der Waals surface area contributed by atoms with Gasteiger partial charge < -0.3 is 9.90 Å². The fraction of sp³-hybridized carbons (Fsp3) is 0. The third-order valence-corrected chi connectivity index (χ3v) is 1.66. The quantitative estimate of drug-likeness (QED) is 0.456. The molecule has 1 aromatic carbocycles. The molecule has 0 unspecified atom stereocenters. The fourth-order valence-electron chi connectivity index (χ4n) is 1.06. The maximum absolute atomic E-state index is 10.4. The molecule has 0 amide bonds. The van der Waals surface area contributed by atoms with E-state index in [1.165, 1.54) is 6.20 Å². The first-order valence-corrected chi connectivity index (χ1v) is 3.70. The van der Waals surface area contributed by atoms with Crippen LogP contribution in [0.3, 0.4) is 0 Å². The molecule has 0 atom stereocenters.